The standard InChI is InChI=1S/C16H20N4O3S/c1-17-11-12-20(2)16(21)13-3-5-15(6-4-13)24(22,23)19-14-7-9-18-10-8-14/h3-10,17H,11-12H2,1-2H3,(H,18,19). The van der Waals surface area contributed by atoms with Gasteiger partial charge in [-0.1, -0.05) is 0 Å². The summed E-state index contributed by atoms with van der Waals surface area (Å²) >= 11 is 0. The van der Waals surface area contributed by atoms with Crippen molar-refractivity contribution in [1.29, 1.82) is 0 Å². The largest absolute Gasteiger partial charge is 0.340 e. The lowest BCUT2D eigenvalue weighted by atomic mass is 10.2. The maximum Gasteiger partial charge on any atom is 0.261 e. The zero-order chi connectivity index (χ0) is 17.6. The van der Waals surface area contributed by atoms with Gasteiger partial charge in [-0.05, 0) is 43.4 Å². The van der Waals surface area contributed by atoms with Gasteiger partial charge in [-0.15, -0.1) is 0 Å². The van der Waals surface area contributed by atoms with E-state index in [9.17, 15) is 13.2 Å². The number of hydrogen-bond donors (Lipinski definition) is 2. The zero-order valence-corrected chi connectivity index (χ0v) is 14.4. The molecule has 8 heteroatoms. The summed E-state index contributed by atoms with van der Waals surface area (Å²) < 4.78 is 27.1. The van der Waals surface area contributed by atoms with Gasteiger partial charge in [0, 0.05) is 38.1 Å². The third kappa shape index (κ3) is 4.53. The second-order valence-electron chi connectivity index (χ2n) is 5.20. The van der Waals surface area contributed by atoms with E-state index in [1.165, 1.54) is 36.7 Å². The number of nitrogens with zero attached hydrogens (tertiary/aromatic N) is 2. The van der Waals surface area contributed by atoms with Crippen molar-refractivity contribution in [3.8, 4) is 0 Å². The van der Waals surface area contributed by atoms with E-state index in [2.05, 4.69) is 15.0 Å². The van der Waals surface area contributed by atoms with Crippen LogP contribution in [0.2, 0.25) is 0 Å². The molecule has 0 aliphatic carbocycles. The molecule has 0 fully saturated rings. The monoisotopic (exact) mass is 348 g/mol. The number of carbonyl (C=O) groups excluding carboxylic acids is 1. The van der Waals surface area contributed by atoms with E-state index in [4.69, 9.17) is 0 Å². The topological polar surface area (TPSA) is 91.4 Å². The molecule has 0 aliphatic rings. The minimum absolute atomic E-state index is 0.0914. The van der Waals surface area contributed by atoms with Crippen molar-refractivity contribution in [3.05, 3.63) is 54.4 Å². The highest BCUT2D eigenvalue weighted by atomic mass is 32.2. The molecule has 1 aromatic heterocycles. The summed E-state index contributed by atoms with van der Waals surface area (Å²) in [4.78, 5) is 17.7. The Hall–Kier alpha value is -2.45. The van der Waals surface area contributed by atoms with Crippen molar-refractivity contribution >= 4 is 21.6 Å². The highest BCUT2D eigenvalue weighted by Gasteiger charge is 2.16. The van der Waals surface area contributed by atoms with Crippen LogP contribution in [0.4, 0.5) is 5.69 Å². The van der Waals surface area contributed by atoms with Gasteiger partial charge < -0.3 is 10.2 Å². The number of hydrogen-bond acceptors (Lipinski definition) is 5. The van der Waals surface area contributed by atoms with Crippen LogP contribution in [0.5, 0.6) is 0 Å². The summed E-state index contributed by atoms with van der Waals surface area (Å²) in [6, 6.07) is 8.99. The Morgan fingerprint density at radius 1 is 1.12 bits per heavy atom. The molecule has 0 spiro atoms. The first-order valence-electron chi connectivity index (χ1n) is 7.37. The second-order valence-corrected chi connectivity index (χ2v) is 6.88. The fourth-order valence-corrected chi connectivity index (χ4v) is 3.07. The first-order chi connectivity index (χ1) is 11.4. The van der Waals surface area contributed by atoms with Gasteiger partial charge in [0.2, 0.25) is 0 Å². The Labute approximate surface area is 141 Å². The highest BCUT2D eigenvalue weighted by Crippen LogP contribution is 2.16. The summed E-state index contributed by atoms with van der Waals surface area (Å²) in [5, 5.41) is 2.97. The summed E-state index contributed by atoms with van der Waals surface area (Å²) in [6.45, 7) is 1.25. The van der Waals surface area contributed by atoms with E-state index in [-0.39, 0.29) is 10.8 Å². The lowest BCUT2D eigenvalue weighted by Crippen LogP contribution is -2.32. The summed E-state index contributed by atoms with van der Waals surface area (Å²) in [7, 11) is -0.186. The molecular weight excluding hydrogens is 328 g/mol. The average molecular weight is 348 g/mol. The number of nitrogens with one attached hydrogen (secondary N) is 2. The average Bonchev–Trinajstić information content (AvgIpc) is 2.59. The van der Waals surface area contributed by atoms with E-state index in [1.54, 1.807) is 24.1 Å². The SMILES string of the molecule is CNCCN(C)C(=O)c1ccc(S(=O)(=O)Nc2ccncc2)cc1. The van der Waals surface area contributed by atoms with E-state index in [1.807, 2.05) is 7.05 Å². The number of likely N-dealkylation sites (N-methyl/N-ethyl adjacent to an activating group) is 2. The van der Waals surface area contributed by atoms with Crippen LogP contribution in [-0.2, 0) is 10.0 Å². The van der Waals surface area contributed by atoms with Gasteiger partial charge in [-0.3, -0.25) is 14.5 Å². The Kier molecular flexibility index (Phi) is 5.88. The van der Waals surface area contributed by atoms with Gasteiger partial charge in [0.05, 0.1) is 10.6 Å². The summed E-state index contributed by atoms with van der Waals surface area (Å²) in [5.41, 5.74) is 0.869. The molecule has 1 heterocycles. The fraction of sp³-hybridized carbons (Fsp3) is 0.250. The van der Waals surface area contributed by atoms with Gasteiger partial charge >= 0.3 is 0 Å². The fourth-order valence-electron chi connectivity index (χ4n) is 2.01. The summed E-state index contributed by atoms with van der Waals surface area (Å²) in [6.07, 6.45) is 3.00. The van der Waals surface area contributed by atoms with Crippen LogP contribution < -0.4 is 10.0 Å². The lowest BCUT2D eigenvalue weighted by molar-refractivity contribution is 0.0796. The minimum atomic E-state index is -3.70. The molecule has 24 heavy (non-hydrogen) atoms. The van der Waals surface area contributed by atoms with Gasteiger partial charge in [0.15, 0.2) is 0 Å². The molecule has 2 aromatic rings. The number of sulfonamides is 1. The van der Waals surface area contributed by atoms with E-state index >= 15 is 0 Å². The molecular formula is C16H20N4O3S. The molecule has 2 rings (SSSR count). The number of aromatic nitrogens is 1. The third-order valence-corrected chi connectivity index (χ3v) is 4.79. The van der Waals surface area contributed by atoms with E-state index in [0.29, 0.717) is 24.3 Å². The number of pyridine rings is 1. The molecule has 0 bridgehead atoms. The van der Waals surface area contributed by atoms with Crippen molar-refractivity contribution in [1.82, 2.24) is 15.2 Å². The molecule has 1 amide bonds. The van der Waals surface area contributed by atoms with Crippen molar-refractivity contribution in [2.45, 2.75) is 4.90 Å². The molecule has 0 unspecified atom stereocenters. The van der Waals surface area contributed by atoms with Crippen LogP contribution in [0.1, 0.15) is 10.4 Å². The van der Waals surface area contributed by atoms with Crippen LogP contribution in [-0.4, -0.2) is 51.4 Å². The molecule has 128 valence electrons. The Morgan fingerprint density at radius 2 is 1.75 bits per heavy atom. The minimum Gasteiger partial charge on any atom is -0.340 e. The van der Waals surface area contributed by atoms with Crippen LogP contribution >= 0.6 is 0 Å². The number of benzene rings is 1. The predicted molar refractivity (Wildman–Crippen MR) is 92.4 cm³/mol. The first-order valence-corrected chi connectivity index (χ1v) is 8.85. The smallest absolute Gasteiger partial charge is 0.261 e. The predicted octanol–water partition coefficient (Wildman–Crippen LogP) is 1.17. The number of amides is 1. The van der Waals surface area contributed by atoms with E-state index < -0.39 is 10.0 Å². The Morgan fingerprint density at radius 3 is 2.33 bits per heavy atom. The van der Waals surface area contributed by atoms with Crippen LogP contribution in [0.3, 0.4) is 0 Å². The molecule has 0 radical (unpaired) electrons. The van der Waals surface area contributed by atoms with Crippen molar-refractivity contribution < 1.29 is 13.2 Å². The molecule has 0 saturated carbocycles. The number of carbonyl (C=O) groups is 1. The Balaban J connectivity index is 2.12. The van der Waals surface area contributed by atoms with Gasteiger partial charge in [0.25, 0.3) is 15.9 Å². The van der Waals surface area contributed by atoms with Gasteiger partial charge in [-0.25, -0.2) is 8.42 Å². The van der Waals surface area contributed by atoms with Gasteiger partial charge in [0.1, 0.15) is 0 Å². The first kappa shape index (κ1) is 17.9. The van der Waals surface area contributed by atoms with Crippen LogP contribution in [0.25, 0.3) is 0 Å². The molecule has 2 N–H and O–H groups in total. The van der Waals surface area contributed by atoms with Crippen molar-refractivity contribution in [3.63, 3.8) is 0 Å². The van der Waals surface area contributed by atoms with Gasteiger partial charge in [-0.2, -0.15) is 0 Å². The second kappa shape index (κ2) is 7.89. The van der Waals surface area contributed by atoms with Crippen molar-refractivity contribution in [2.75, 3.05) is 31.9 Å². The molecule has 0 saturated heterocycles. The van der Waals surface area contributed by atoms with Crippen LogP contribution in [0, 0.1) is 0 Å². The summed E-state index contributed by atoms with van der Waals surface area (Å²) in [5.74, 6) is -0.156. The molecule has 0 atom stereocenters. The van der Waals surface area contributed by atoms with Crippen LogP contribution in [0.15, 0.2) is 53.7 Å². The molecule has 7 nitrogen and oxygen atoms in total. The lowest BCUT2D eigenvalue weighted by Gasteiger charge is -2.17. The zero-order valence-electron chi connectivity index (χ0n) is 13.6. The quantitative estimate of drug-likeness (QED) is 0.784. The number of rotatable bonds is 7. The maximum absolute atomic E-state index is 12.3. The molecule has 0 aliphatic heterocycles. The highest BCUT2D eigenvalue weighted by molar-refractivity contribution is 7.92. The van der Waals surface area contributed by atoms with E-state index in [0.717, 1.165) is 0 Å². The third-order valence-electron chi connectivity index (χ3n) is 3.39. The number of anilines is 1. The maximum atomic E-state index is 12.3. The molecule has 1 aromatic carbocycles. The Bertz CT molecular complexity index is 777. The van der Waals surface area contributed by atoms with Crippen molar-refractivity contribution in [2.24, 2.45) is 0 Å². The normalized spacial score (nSPS) is 11.1.